The van der Waals surface area contributed by atoms with E-state index in [9.17, 15) is 25.2 Å². The minimum absolute atomic E-state index is 0.315. The van der Waals surface area contributed by atoms with Gasteiger partial charge in [0.25, 0.3) is 0 Å². The molecule has 0 aliphatic heterocycles. The molecule has 0 rings (SSSR count). The van der Waals surface area contributed by atoms with E-state index in [2.05, 4.69) is 20.8 Å². The number of aliphatic hydroxyl groups is 1. The fourth-order valence-electron chi connectivity index (χ4n) is 1.36. The molecule has 0 aromatic carbocycles. The summed E-state index contributed by atoms with van der Waals surface area (Å²) in [5.74, 6) is 0. The van der Waals surface area contributed by atoms with Crippen molar-refractivity contribution in [1.82, 2.24) is 0 Å². The number of quaternary nitrogens is 1. The molecular formula is C8H20F6NOP. The average Bonchev–Trinajstić information content (AvgIpc) is 2.09. The minimum atomic E-state index is -10.7. The van der Waals surface area contributed by atoms with Crippen LogP contribution in [0.25, 0.3) is 0 Å². The van der Waals surface area contributed by atoms with Crippen molar-refractivity contribution >= 4 is 7.81 Å². The molecule has 0 aromatic heterocycles. The Bertz CT molecular complexity index is 202. The van der Waals surface area contributed by atoms with Crippen LogP contribution in [0.2, 0.25) is 0 Å². The molecule has 0 saturated carbocycles. The van der Waals surface area contributed by atoms with Crippen molar-refractivity contribution in [3.05, 3.63) is 0 Å². The summed E-state index contributed by atoms with van der Waals surface area (Å²) < 4.78 is 60.2. The number of halogens is 6. The second kappa shape index (κ2) is 5.28. The molecule has 0 radical (unpaired) electrons. The Morgan fingerprint density at radius 3 is 1.12 bits per heavy atom. The van der Waals surface area contributed by atoms with Gasteiger partial charge in [-0.1, -0.05) is 0 Å². The molecule has 0 heterocycles. The molecule has 0 unspecified atom stereocenters. The Balaban J connectivity index is 0. The molecule has 0 bridgehead atoms. The van der Waals surface area contributed by atoms with Crippen LogP contribution < -0.4 is 0 Å². The van der Waals surface area contributed by atoms with Gasteiger partial charge < -0.3 is 9.59 Å². The van der Waals surface area contributed by atoms with Crippen molar-refractivity contribution in [2.24, 2.45) is 0 Å². The Morgan fingerprint density at radius 2 is 1.06 bits per heavy atom. The van der Waals surface area contributed by atoms with Crippen molar-refractivity contribution < 1.29 is 34.8 Å². The maximum atomic E-state index is 9.87. The number of aliphatic hydroxyl groups excluding tert-OH is 1. The predicted molar refractivity (Wildman–Crippen MR) is 57.4 cm³/mol. The van der Waals surface area contributed by atoms with Gasteiger partial charge in [0.15, 0.2) is 0 Å². The molecule has 110 valence electrons. The van der Waals surface area contributed by atoms with E-state index < -0.39 is 7.81 Å². The van der Waals surface area contributed by atoms with Crippen molar-refractivity contribution in [1.29, 1.82) is 0 Å². The van der Waals surface area contributed by atoms with Crippen molar-refractivity contribution in [2.75, 3.05) is 32.8 Å². The molecule has 0 amide bonds. The second-order valence-electron chi connectivity index (χ2n) is 3.70. The van der Waals surface area contributed by atoms with E-state index in [-0.39, 0.29) is 0 Å². The van der Waals surface area contributed by atoms with Crippen LogP contribution >= 0.6 is 7.81 Å². The molecule has 0 aromatic rings. The maximum absolute atomic E-state index is 10.7. The van der Waals surface area contributed by atoms with Crippen LogP contribution in [0.15, 0.2) is 0 Å². The standard InChI is InChI=1S/C8H20NO.F6P/c1-4-9(5-2,6-3)7-8-10;1-7(2,3,4,5)6/h10H,4-8H2,1-3H3;/q+1;-1. The van der Waals surface area contributed by atoms with Crippen LogP contribution in [0.4, 0.5) is 25.2 Å². The van der Waals surface area contributed by atoms with E-state index >= 15 is 0 Å². The van der Waals surface area contributed by atoms with Crippen molar-refractivity contribution in [3.8, 4) is 0 Å². The van der Waals surface area contributed by atoms with Gasteiger partial charge in [0.2, 0.25) is 0 Å². The zero-order valence-electron chi connectivity index (χ0n) is 10.1. The van der Waals surface area contributed by atoms with Crippen LogP contribution in [0, 0.1) is 0 Å². The number of nitrogens with zero attached hydrogens (tertiary/aromatic N) is 1. The Morgan fingerprint density at radius 1 is 0.824 bits per heavy atom. The van der Waals surface area contributed by atoms with Crippen LogP contribution in [-0.4, -0.2) is 42.4 Å². The van der Waals surface area contributed by atoms with Crippen LogP contribution in [0.5, 0.6) is 0 Å². The second-order valence-corrected chi connectivity index (χ2v) is 5.61. The predicted octanol–water partition coefficient (Wildman–Crippen LogP) is 4.24. The molecule has 0 atom stereocenters. The topological polar surface area (TPSA) is 20.2 Å². The molecule has 0 saturated heterocycles. The quantitative estimate of drug-likeness (QED) is 0.456. The Hall–Kier alpha value is -0.0700. The third kappa shape index (κ3) is 18.5. The van der Waals surface area contributed by atoms with Crippen LogP contribution in [0.3, 0.4) is 0 Å². The van der Waals surface area contributed by atoms with Gasteiger partial charge in [-0.15, -0.1) is 0 Å². The first-order chi connectivity index (χ1) is 7.19. The SMILES string of the molecule is CC[N+](CC)(CC)CCO.F[P-](F)(F)(F)(F)F. The van der Waals surface area contributed by atoms with Gasteiger partial charge in [-0.3, -0.25) is 0 Å². The van der Waals surface area contributed by atoms with Gasteiger partial charge in [-0.05, 0) is 20.8 Å². The fourth-order valence-corrected chi connectivity index (χ4v) is 1.36. The van der Waals surface area contributed by atoms with E-state index in [4.69, 9.17) is 5.11 Å². The number of hydrogen-bond donors (Lipinski definition) is 1. The normalized spacial score (nSPS) is 16.6. The Kier molecular flexibility index (Phi) is 5.99. The first-order valence-corrected chi connectivity index (χ1v) is 7.25. The summed E-state index contributed by atoms with van der Waals surface area (Å²) in [5.41, 5.74) is 0. The number of hydrogen-bond acceptors (Lipinski definition) is 1. The molecule has 1 N–H and O–H groups in total. The number of likely N-dealkylation sites (N-methyl/N-ethyl adjacent to an activating group) is 1. The Labute approximate surface area is 97.0 Å². The summed E-state index contributed by atoms with van der Waals surface area (Å²) in [6.07, 6.45) is 0. The third-order valence-electron chi connectivity index (χ3n) is 2.59. The fraction of sp³-hybridized carbons (Fsp3) is 1.00. The zero-order chi connectivity index (χ0) is 14.4. The van der Waals surface area contributed by atoms with Gasteiger partial charge >= 0.3 is 33.0 Å². The van der Waals surface area contributed by atoms with E-state index in [1.807, 2.05) is 0 Å². The van der Waals surface area contributed by atoms with E-state index in [0.717, 1.165) is 30.7 Å². The van der Waals surface area contributed by atoms with Crippen molar-refractivity contribution in [3.63, 3.8) is 0 Å². The van der Waals surface area contributed by atoms with Gasteiger partial charge in [0.1, 0.15) is 6.54 Å². The zero-order valence-corrected chi connectivity index (χ0v) is 11.0. The number of rotatable bonds is 5. The first-order valence-electron chi connectivity index (χ1n) is 5.22. The molecule has 17 heavy (non-hydrogen) atoms. The first kappa shape index (κ1) is 19.3. The monoisotopic (exact) mass is 291 g/mol. The third-order valence-corrected chi connectivity index (χ3v) is 2.59. The van der Waals surface area contributed by atoms with Gasteiger partial charge in [0, 0.05) is 0 Å². The molecule has 9 heteroatoms. The molecular weight excluding hydrogens is 271 g/mol. The van der Waals surface area contributed by atoms with Gasteiger partial charge in [-0.25, -0.2) is 0 Å². The molecule has 0 aliphatic carbocycles. The van der Waals surface area contributed by atoms with Crippen LogP contribution in [0.1, 0.15) is 20.8 Å². The average molecular weight is 291 g/mol. The summed E-state index contributed by atoms with van der Waals surface area (Å²) in [4.78, 5) is 0. The van der Waals surface area contributed by atoms with Crippen LogP contribution in [-0.2, 0) is 0 Å². The summed E-state index contributed by atoms with van der Waals surface area (Å²) in [7, 11) is -10.7. The molecule has 0 aliphatic rings. The molecule has 0 fully saturated rings. The summed E-state index contributed by atoms with van der Waals surface area (Å²) in [6, 6.07) is 0. The van der Waals surface area contributed by atoms with E-state index in [1.165, 1.54) is 0 Å². The van der Waals surface area contributed by atoms with Gasteiger partial charge in [-0.2, -0.15) is 0 Å². The van der Waals surface area contributed by atoms with E-state index in [1.54, 1.807) is 0 Å². The summed E-state index contributed by atoms with van der Waals surface area (Å²) >= 11 is 0. The molecule has 2 nitrogen and oxygen atoms in total. The summed E-state index contributed by atoms with van der Waals surface area (Å²) in [5, 5.41) is 8.78. The van der Waals surface area contributed by atoms with Crippen molar-refractivity contribution in [2.45, 2.75) is 20.8 Å². The van der Waals surface area contributed by atoms with E-state index in [0.29, 0.717) is 6.61 Å². The van der Waals surface area contributed by atoms with Gasteiger partial charge in [0.05, 0.1) is 26.2 Å². The summed E-state index contributed by atoms with van der Waals surface area (Å²) in [6.45, 7) is 11.2. The molecule has 0 spiro atoms.